The summed E-state index contributed by atoms with van der Waals surface area (Å²) in [6.07, 6.45) is 18.8. The zero-order valence-electron chi connectivity index (χ0n) is 31.2. The van der Waals surface area contributed by atoms with E-state index in [1.54, 1.807) is 26.0 Å². The van der Waals surface area contributed by atoms with E-state index in [2.05, 4.69) is 47.9 Å². The number of carbonyl (C=O) groups excluding carboxylic acids is 2. The van der Waals surface area contributed by atoms with E-state index in [0.29, 0.717) is 12.1 Å². The molecule has 272 valence electrons. The Morgan fingerprint density at radius 1 is 0.667 bits per heavy atom. The van der Waals surface area contributed by atoms with E-state index in [1.807, 2.05) is 24.3 Å². The van der Waals surface area contributed by atoms with Crippen LogP contribution in [0, 0.1) is 22.7 Å². The number of hydrogen-bond acceptors (Lipinski definition) is 8. The highest BCUT2D eigenvalue weighted by Crippen LogP contribution is 2.34. The lowest BCUT2D eigenvalue weighted by Gasteiger charge is -2.37. The summed E-state index contributed by atoms with van der Waals surface area (Å²) in [6, 6.07) is 17.5. The smallest absolute Gasteiger partial charge is 0.348 e. The van der Waals surface area contributed by atoms with Gasteiger partial charge in [-0.2, -0.15) is 10.5 Å². The van der Waals surface area contributed by atoms with Crippen molar-refractivity contribution in [2.45, 2.75) is 123 Å². The van der Waals surface area contributed by atoms with Crippen molar-refractivity contribution in [2.24, 2.45) is 0 Å². The van der Waals surface area contributed by atoms with Gasteiger partial charge in [-0.25, -0.2) is 9.59 Å². The van der Waals surface area contributed by atoms with Crippen LogP contribution >= 0.6 is 0 Å². The van der Waals surface area contributed by atoms with Gasteiger partial charge in [-0.1, -0.05) is 57.1 Å². The Bertz CT molecular complexity index is 1510. The molecule has 0 bridgehead atoms. The second-order valence-corrected chi connectivity index (χ2v) is 13.9. The molecule has 0 saturated heterocycles. The summed E-state index contributed by atoms with van der Waals surface area (Å²) < 4.78 is 10.0. The zero-order valence-corrected chi connectivity index (χ0v) is 31.2. The van der Waals surface area contributed by atoms with Gasteiger partial charge in [0.05, 0.1) is 13.2 Å². The first-order valence-corrected chi connectivity index (χ1v) is 19.2. The summed E-state index contributed by atoms with van der Waals surface area (Å²) in [6.45, 7) is 10.7. The fourth-order valence-corrected chi connectivity index (χ4v) is 7.37. The molecule has 2 heterocycles. The number of carbonyl (C=O) groups is 2. The highest BCUT2D eigenvalue weighted by Gasteiger charge is 2.24. The highest BCUT2D eigenvalue weighted by molar-refractivity contribution is 5.98. The fourth-order valence-electron chi connectivity index (χ4n) is 7.37. The van der Waals surface area contributed by atoms with E-state index < -0.39 is 11.9 Å². The second kappa shape index (κ2) is 20.3. The molecule has 2 aliphatic rings. The first-order valence-electron chi connectivity index (χ1n) is 19.2. The van der Waals surface area contributed by atoms with Gasteiger partial charge in [0, 0.05) is 36.5 Å². The van der Waals surface area contributed by atoms with Gasteiger partial charge in [0.2, 0.25) is 0 Å². The lowest BCUT2D eigenvalue weighted by atomic mass is 9.94. The summed E-state index contributed by atoms with van der Waals surface area (Å²) in [5.41, 5.74) is 6.94. The molecule has 51 heavy (non-hydrogen) atoms. The number of esters is 2. The Labute approximate surface area is 305 Å². The van der Waals surface area contributed by atoms with Crippen LogP contribution in [-0.4, -0.2) is 50.3 Å². The van der Waals surface area contributed by atoms with Gasteiger partial charge in [-0.15, -0.1) is 0 Å². The molecular formula is C43H56N4O4. The highest BCUT2D eigenvalue weighted by atomic mass is 16.5. The van der Waals surface area contributed by atoms with Crippen LogP contribution in [0.2, 0.25) is 0 Å². The zero-order chi connectivity index (χ0) is 36.6. The number of rotatable bonds is 18. The van der Waals surface area contributed by atoms with Crippen molar-refractivity contribution in [3.63, 3.8) is 0 Å². The maximum atomic E-state index is 12.1. The normalized spacial score (nSPS) is 17.2. The number of nitriles is 2. The minimum absolute atomic E-state index is 0.0348. The lowest BCUT2D eigenvalue weighted by molar-refractivity contribution is -0.138. The van der Waals surface area contributed by atoms with E-state index in [1.165, 1.54) is 80.3 Å². The number of unbranched alkanes of at least 4 members (excludes halogenated alkanes) is 8. The molecule has 0 spiro atoms. The third-order valence-electron chi connectivity index (χ3n) is 10.2. The lowest BCUT2D eigenvalue weighted by Crippen LogP contribution is -2.38. The summed E-state index contributed by atoms with van der Waals surface area (Å²) >= 11 is 0. The first-order chi connectivity index (χ1) is 24.8. The molecule has 2 atom stereocenters. The van der Waals surface area contributed by atoms with E-state index >= 15 is 0 Å². The number of anilines is 2. The first kappa shape index (κ1) is 39.2. The molecule has 0 N–H and O–H groups in total. The third-order valence-corrected chi connectivity index (χ3v) is 10.2. The van der Waals surface area contributed by atoms with Crippen molar-refractivity contribution in [1.29, 1.82) is 10.5 Å². The van der Waals surface area contributed by atoms with Gasteiger partial charge in [0.25, 0.3) is 0 Å². The molecule has 0 amide bonds. The van der Waals surface area contributed by atoms with E-state index in [-0.39, 0.29) is 24.4 Å². The standard InChI is InChI=1S/C43H56N4O4/c1-5-50-42(48)38(30-44)28-34-18-22-40-36(26-34)20-16-32(3)46(40)24-14-12-10-8-7-9-11-13-15-25-47-33(4)17-21-37-27-35(19-23-41(37)47)29-39(31-45)43(49)51-6-2/h18-19,22-23,26-29,32-33H,5-17,20-21,24-25H2,1-4H3. The van der Waals surface area contributed by atoms with Crippen molar-refractivity contribution in [1.82, 2.24) is 0 Å². The van der Waals surface area contributed by atoms with Crippen LogP contribution in [0.5, 0.6) is 0 Å². The predicted octanol–water partition coefficient (Wildman–Crippen LogP) is 9.12. The second-order valence-electron chi connectivity index (χ2n) is 13.9. The summed E-state index contributed by atoms with van der Waals surface area (Å²) in [4.78, 5) is 29.2. The fraction of sp³-hybridized carbons (Fsp3) is 0.535. The number of aryl methyl sites for hydroxylation is 2. The number of fused-ring (bicyclic) bond motifs is 2. The van der Waals surface area contributed by atoms with Crippen LogP contribution in [0.25, 0.3) is 12.2 Å². The van der Waals surface area contributed by atoms with E-state index in [9.17, 15) is 20.1 Å². The van der Waals surface area contributed by atoms with Crippen LogP contribution in [0.15, 0.2) is 47.5 Å². The van der Waals surface area contributed by atoms with Gasteiger partial charge in [0.15, 0.2) is 0 Å². The molecule has 0 fully saturated rings. The molecule has 8 nitrogen and oxygen atoms in total. The van der Waals surface area contributed by atoms with Crippen LogP contribution in [0.1, 0.15) is 121 Å². The van der Waals surface area contributed by atoms with Gasteiger partial charge in [-0.3, -0.25) is 0 Å². The molecule has 0 aromatic heterocycles. The number of ether oxygens (including phenoxy) is 2. The molecule has 2 aliphatic heterocycles. The quantitative estimate of drug-likeness (QED) is 0.0659. The van der Waals surface area contributed by atoms with E-state index in [4.69, 9.17) is 9.47 Å². The molecular weight excluding hydrogens is 636 g/mol. The van der Waals surface area contributed by atoms with Gasteiger partial charge in [-0.05, 0) is 125 Å². The Hall–Kier alpha value is -4.56. The van der Waals surface area contributed by atoms with Gasteiger partial charge in [0.1, 0.15) is 23.3 Å². The van der Waals surface area contributed by atoms with Gasteiger partial charge >= 0.3 is 11.9 Å². The maximum Gasteiger partial charge on any atom is 0.348 e. The van der Waals surface area contributed by atoms with Gasteiger partial charge < -0.3 is 19.3 Å². The van der Waals surface area contributed by atoms with Crippen LogP contribution in [0.4, 0.5) is 11.4 Å². The van der Waals surface area contributed by atoms with Crippen LogP contribution in [-0.2, 0) is 31.9 Å². The molecule has 0 radical (unpaired) electrons. The monoisotopic (exact) mass is 692 g/mol. The molecule has 4 rings (SSSR count). The minimum Gasteiger partial charge on any atom is -0.462 e. The van der Waals surface area contributed by atoms with Crippen molar-refractivity contribution in [2.75, 3.05) is 36.1 Å². The predicted molar refractivity (Wildman–Crippen MR) is 205 cm³/mol. The molecule has 0 saturated carbocycles. The topological polar surface area (TPSA) is 107 Å². The van der Waals surface area contributed by atoms with Crippen molar-refractivity contribution in [3.8, 4) is 12.1 Å². The molecule has 2 aromatic rings. The number of hydrogen-bond donors (Lipinski definition) is 0. The Morgan fingerprint density at radius 2 is 1.04 bits per heavy atom. The Kier molecular flexibility index (Phi) is 15.6. The SMILES string of the molecule is CCOC(=O)C(C#N)=Cc1ccc2c(c1)CCC(C)N2CCCCCCCCCCCN1c2ccc(C=C(C#N)C(=O)OCC)cc2CCC1C. The van der Waals surface area contributed by atoms with Crippen LogP contribution in [0.3, 0.4) is 0 Å². The molecule has 2 aromatic carbocycles. The molecule has 8 heteroatoms. The summed E-state index contributed by atoms with van der Waals surface area (Å²) in [7, 11) is 0. The number of nitrogens with zero attached hydrogens (tertiary/aromatic N) is 4. The average Bonchev–Trinajstić information content (AvgIpc) is 3.13. The minimum atomic E-state index is -0.570. The van der Waals surface area contributed by atoms with Crippen molar-refractivity contribution < 1.29 is 19.1 Å². The maximum absolute atomic E-state index is 12.1. The molecule has 2 unspecified atom stereocenters. The largest absolute Gasteiger partial charge is 0.462 e. The van der Waals surface area contributed by atoms with Crippen LogP contribution < -0.4 is 9.80 Å². The average molecular weight is 693 g/mol. The Balaban J connectivity index is 1.14. The molecule has 0 aliphatic carbocycles. The summed E-state index contributed by atoms with van der Waals surface area (Å²) in [5.74, 6) is -1.14. The third kappa shape index (κ3) is 11.2. The van der Waals surface area contributed by atoms with E-state index in [0.717, 1.165) is 49.9 Å². The Morgan fingerprint density at radius 3 is 1.39 bits per heavy atom. The van der Waals surface area contributed by atoms with Crippen molar-refractivity contribution >= 4 is 35.5 Å². The summed E-state index contributed by atoms with van der Waals surface area (Å²) in [5, 5.41) is 18.8. The number of benzene rings is 2. The van der Waals surface area contributed by atoms with Crippen molar-refractivity contribution in [3.05, 3.63) is 69.8 Å².